The second-order valence-electron chi connectivity index (χ2n) is 5.52. The maximum atomic E-state index is 13.2. The van der Waals surface area contributed by atoms with Gasteiger partial charge in [0.2, 0.25) is 11.8 Å². The minimum absolute atomic E-state index is 0.137. The molecule has 0 unspecified atom stereocenters. The van der Waals surface area contributed by atoms with E-state index in [1.54, 1.807) is 12.1 Å². The lowest BCUT2D eigenvalue weighted by Gasteiger charge is -2.06. The number of rotatable bonds is 5. The number of carbonyl (C=O) groups excluding carboxylic acids is 1. The summed E-state index contributed by atoms with van der Waals surface area (Å²) in [5.41, 5.74) is 3.53. The highest BCUT2D eigenvalue weighted by Crippen LogP contribution is 2.24. The third-order valence-electron chi connectivity index (χ3n) is 3.60. The third kappa shape index (κ3) is 4.45. The number of hydrogen-bond donors (Lipinski definition) is 1. The van der Waals surface area contributed by atoms with Crippen LogP contribution in [0.2, 0.25) is 0 Å². The Morgan fingerprint density at radius 2 is 2.00 bits per heavy atom. The summed E-state index contributed by atoms with van der Waals surface area (Å²) in [6.07, 6.45) is 0. The predicted molar refractivity (Wildman–Crippen MR) is 95.0 cm³/mol. The lowest BCUT2D eigenvalue weighted by atomic mass is 10.1. The van der Waals surface area contributed by atoms with E-state index in [1.807, 2.05) is 32.0 Å². The number of halogens is 1. The Morgan fingerprint density at radius 1 is 1.16 bits per heavy atom. The summed E-state index contributed by atoms with van der Waals surface area (Å²) in [6.45, 7) is 4.01. The number of aryl methyl sites for hydroxylation is 2. The molecule has 0 fully saturated rings. The zero-order valence-corrected chi connectivity index (χ0v) is 14.6. The van der Waals surface area contributed by atoms with Gasteiger partial charge in [0.15, 0.2) is 0 Å². The molecule has 2 aromatic carbocycles. The number of aromatic nitrogens is 2. The van der Waals surface area contributed by atoms with Crippen molar-refractivity contribution in [3.8, 4) is 11.5 Å². The molecule has 3 rings (SSSR count). The van der Waals surface area contributed by atoms with Gasteiger partial charge in [0.1, 0.15) is 5.82 Å². The summed E-state index contributed by atoms with van der Waals surface area (Å²) in [7, 11) is 0. The van der Waals surface area contributed by atoms with E-state index in [4.69, 9.17) is 4.42 Å². The summed E-state index contributed by atoms with van der Waals surface area (Å²) >= 11 is 1.13. The quantitative estimate of drug-likeness (QED) is 0.692. The fraction of sp³-hybridized carbons (Fsp3) is 0.167. The van der Waals surface area contributed by atoms with Gasteiger partial charge in [-0.2, -0.15) is 0 Å². The highest BCUT2D eigenvalue weighted by Gasteiger charge is 2.12. The molecular weight excluding hydrogens is 341 g/mol. The highest BCUT2D eigenvalue weighted by atomic mass is 32.2. The number of thioether (sulfide) groups is 1. The van der Waals surface area contributed by atoms with E-state index < -0.39 is 0 Å². The average molecular weight is 357 g/mol. The van der Waals surface area contributed by atoms with Crippen molar-refractivity contribution in [1.82, 2.24) is 10.2 Å². The first-order valence-corrected chi connectivity index (χ1v) is 8.59. The van der Waals surface area contributed by atoms with Crippen LogP contribution in [-0.2, 0) is 4.79 Å². The van der Waals surface area contributed by atoms with Gasteiger partial charge < -0.3 is 9.73 Å². The molecule has 0 radical (unpaired) electrons. The van der Waals surface area contributed by atoms with Gasteiger partial charge in [0.05, 0.1) is 5.75 Å². The second-order valence-corrected chi connectivity index (χ2v) is 6.45. The van der Waals surface area contributed by atoms with Crippen LogP contribution in [-0.4, -0.2) is 21.9 Å². The molecule has 1 aromatic heterocycles. The Bertz CT molecular complexity index is 911. The molecule has 0 atom stereocenters. The standard InChI is InChI=1S/C18H16FN3O2S/c1-11-6-7-15(8-12(11)2)20-16(23)10-25-18-22-21-17(24-18)13-4-3-5-14(19)9-13/h3-9H,10H2,1-2H3,(H,20,23). The molecule has 128 valence electrons. The van der Waals surface area contributed by atoms with Crippen LogP contribution >= 0.6 is 11.8 Å². The van der Waals surface area contributed by atoms with Gasteiger partial charge in [-0.15, -0.1) is 10.2 Å². The van der Waals surface area contributed by atoms with Gasteiger partial charge in [-0.1, -0.05) is 23.9 Å². The minimum atomic E-state index is -0.377. The van der Waals surface area contributed by atoms with Crippen LogP contribution in [0.4, 0.5) is 10.1 Å². The van der Waals surface area contributed by atoms with Crippen molar-refractivity contribution in [3.05, 3.63) is 59.4 Å². The number of amides is 1. The van der Waals surface area contributed by atoms with Gasteiger partial charge in [0, 0.05) is 11.3 Å². The molecule has 1 heterocycles. The van der Waals surface area contributed by atoms with Gasteiger partial charge in [0.25, 0.3) is 5.22 Å². The predicted octanol–water partition coefficient (Wildman–Crippen LogP) is 4.22. The molecule has 0 aliphatic rings. The molecule has 7 heteroatoms. The maximum Gasteiger partial charge on any atom is 0.277 e. The minimum Gasteiger partial charge on any atom is -0.411 e. The van der Waals surface area contributed by atoms with Gasteiger partial charge in [-0.05, 0) is 55.3 Å². The first-order valence-electron chi connectivity index (χ1n) is 7.60. The SMILES string of the molecule is Cc1ccc(NC(=O)CSc2nnc(-c3cccc(F)c3)o2)cc1C. The first kappa shape index (κ1) is 17.2. The van der Waals surface area contributed by atoms with E-state index in [2.05, 4.69) is 15.5 Å². The fourth-order valence-corrected chi connectivity index (χ4v) is 2.71. The van der Waals surface area contributed by atoms with Crippen molar-refractivity contribution in [2.24, 2.45) is 0 Å². The number of nitrogens with one attached hydrogen (secondary N) is 1. The summed E-state index contributed by atoms with van der Waals surface area (Å²) in [4.78, 5) is 12.0. The highest BCUT2D eigenvalue weighted by molar-refractivity contribution is 7.99. The zero-order valence-electron chi connectivity index (χ0n) is 13.7. The summed E-state index contributed by atoms with van der Waals surface area (Å²) < 4.78 is 18.7. The van der Waals surface area contributed by atoms with Gasteiger partial charge in [-0.25, -0.2) is 4.39 Å². The molecule has 25 heavy (non-hydrogen) atoms. The Balaban J connectivity index is 1.58. The van der Waals surface area contributed by atoms with E-state index in [9.17, 15) is 9.18 Å². The van der Waals surface area contributed by atoms with Gasteiger partial charge in [-0.3, -0.25) is 4.79 Å². The molecule has 3 aromatic rings. The molecular formula is C18H16FN3O2S. The van der Waals surface area contributed by atoms with Crippen molar-refractivity contribution < 1.29 is 13.6 Å². The molecule has 0 spiro atoms. The Hall–Kier alpha value is -2.67. The normalized spacial score (nSPS) is 10.7. The number of anilines is 1. The maximum absolute atomic E-state index is 13.2. The van der Waals surface area contributed by atoms with Crippen molar-refractivity contribution in [1.29, 1.82) is 0 Å². The number of benzene rings is 2. The van der Waals surface area contributed by atoms with Crippen LogP contribution in [0.5, 0.6) is 0 Å². The molecule has 0 aliphatic heterocycles. The largest absolute Gasteiger partial charge is 0.411 e. The lowest BCUT2D eigenvalue weighted by Crippen LogP contribution is -2.14. The average Bonchev–Trinajstić information content (AvgIpc) is 3.05. The molecule has 1 N–H and O–H groups in total. The van der Waals surface area contributed by atoms with E-state index in [0.717, 1.165) is 23.0 Å². The molecule has 0 bridgehead atoms. The van der Waals surface area contributed by atoms with Gasteiger partial charge >= 0.3 is 0 Å². The van der Waals surface area contributed by atoms with Crippen LogP contribution < -0.4 is 5.32 Å². The first-order chi connectivity index (χ1) is 12.0. The summed E-state index contributed by atoms with van der Waals surface area (Å²) in [5.74, 6) is -0.189. The van der Waals surface area contributed by atoms with Crippen molar-refractivity contribution in [3.63, 3.8) is 0 Å². The van der Waals surface area contributed by atoms with Crippen molar-refractivity contribution >= 4 is 23.4 Å². The van der Waals surface area contributed by atoms with Crippen molar-refractivity contribution in [2.75, 3.05) is 11.1 Å². The molecule has 0 saturated heterocycles. The van der Waals surface area contributed by atoms with Crippen LogP contribution in [0, 0.1) is 19.7 Å². The Labute approximate surface area is 148 Å². The Morgan fingerprint density at radius 3 is 2.76 bits per heavy atom. The smallest absolute Gasteiger partial charge is 0.277 e. The summed E-state index contributed by atoms with van der Waals surface area (Å²) in [6, 6.07) is 11.6. The zero-order chi connectivity index (χ0) is 17.8. The lowest BCUT2D eigenvalue weighted by molar-refractivity contribution is -0.113. The van der Waals surface area contributed by atoms with Crippen LogP contribution in [0.1, 0.15) is 11.1 Å². The Kier molecular flexibility index (Phi) is 5.14. The van der Waals surface area contributed by atoms with E-state index in [1.165, 1.54) is 17.7 Å². The van der Waals surface area contributed by atoms with E-state index in [-0.39, 0.29) is 28.6 Å². The topological polar surface area (TPSA) is 68.0 Å². The third-order valence-corrected chi connectivity index (χ3v) is 4.41. The second kappa shape index (κ2) is 7.48. The van der Waals surface area contributed by atoms with Crippen molar-refractivity contribution in [2.45, 2.75) is 19.1 Å². The van der Waals surface area contributed by atoms with Crippen LogP contribution in [0.25, 0.3) is 11.5 Å². The van der Waals surface area contributed by atoms with Crippen LogP contribution in [0.15, 0.2) is 52.1 Å². The van der Waals surface area contributed by atoms with E-state index >= 15 is 0 Å². The molecule has 5 nitrogen and oxygen atoms in total. The van der Waals surface area contributed by atoms with Crippen LogP contribution in [0.3, 0.4) is 0 Å². The number of nitrogens with zero attached hydrogens (tertiary/aromatic N) is 2. The fourth-order valence-electron chi connectivity index (χ4n) is 2.15. The number of carbonyl (C=O) groups is 1. The number of hydrogen-bond acceptors (Lipinski definition) is 5. The molecule has 0 saturated carbocycles. The molecule has 1 amide bonds. The van der Waals surface area contributed by atoms with E-state index in [0.29, 0.717) is 5.56 Å². The molecule has 0 aliphatic carbocycles. The monoisotopic (exact) mass is 357 g/mol. The summed E-state index contributed by atoms with van der Waals surface area (Å²) in [5, 5.41) is 10.8.